The van der Waals surface area contributed by atoms with Crippen LogP contribution in [-0.2, 0) is 17.6 Å². The van der Waals surface area contributed by atoms with Crippen molar-refractivity contribution in [1.29, 1.82) is 0 Å². The van der Waals surface area contributed by atoms with Crippen LogP contribution in [0.5, 0.6) is 5.75 Å². The summed E-state index contributed by atoms with van der Waals surface area (Å²) in [5.41, 5.74) is 3.13. The highest BCUT2D eigenvalue weighted by Gasteiger charge is 2.16. The molecular weight excluding hydrogens is 426 g/mol. The standard InChI is InChI=1S/C29H29NO4/c31-28(32)15-14-27-26(16-17-30-27)29(33)24-11-10-23-20-25(13-12-22(23)19-24)34-18-6-2-5-9-21-7-3-1-4-8-21/h1,3-4,7-8,10-13,16-17,19-20,30H,2,5-6,9,14-15,18H2,(H,31,32). The molecule has 0 atom stereocenters. The first-order valence-electron chi connectivity index (χ1n) is 11.7. The third kappa shape index (κ3) is 6.13. The highest BCUT2D eigenvalue weighted by molar-refractivity contribution is 6.11. The Balaban J connectivity index is 1.32. The molecule has 0 aliphatic carbocycles. The van der Waals surface area contributed by atoms with Crippen LogP contribution in [0.4, 0.5) is 0 Å². The minimum absolute atomic E-state index is 0.0195. The van der Waals surface area contributed by atoms with Gasteiger partial charge in [0.1, 0.15) is 5.75 Å². The van der Waals surface area contributed by atoms with E-state index in [1.165, 1.54) is 5.56 Å². The molecule has 0 aliphatic heterocycles. The molecule has 2 N–H and O–H groups in total. The van der Waals surface area contributed by atoms with Crippen LogP contribution in [0, 0.1) is 0 Å². The number of H-pyrrole nitrogens is 1. The molecule has 0 bridgehead atoms. The van der Waals surface area contributed by atoms with Crippen molar-refractivity contribution in [3.05, 3.63) is 101 Å². The molecule has 3 aromatic carbocycles. The first kappa shape index (κ1) is 23.3. The van der Waals surface area contributed by atoms with Crippen LogP contribution in [0.25, 0.3) is 10.8 Å². The maximum absolute atomic E-state index is 13.0. The number of aromatic nitrogens is 1. The van der Waals surface area contributed by atoms with Crippen molar-refractivity contribution in [1.82, 2.24) is 4.98 Å². The number of ketones is 1. The first-order valence-corrected chi connectivity index (χ1v) is 11.7. The van der Waals surface area contributed by atoms with Gasteiger partial charge in [0.05, 0.1) is 13.0 Å². The van der Waals surface area contributed by atoms with E-state index in [0.717, 1.165) is 42.2 Å². The summed E-state index contributed by atoms with van der Waals surface area (Å²) in [5.74, 6) is -0.167. The fourth-order valence-corrected chi connectivity index (χ4v) is 4.11. The van der Waals surface area contributed by atoms with Gasteiger partial charge in [-0.3, -0.25) is 9.59 Å². The van der Waals surface area contributed by atoms with E-state index < -0.39 is 5.97 Å². The van der Waals surface area contributed by atoms with Gasteiger partial charge in [0.2, 0.25) is 0 Å². The molecule has 34 heavy (non-hydrogen) atoms. The topological polar surface area (TPSA) is 79.4 Å². The second kappa shape index (κ2) is 11.3. The zero-order valence-electron chi connectivity index (χ0n) is 19.1. The number of hydrogen-bond acceptors (Lipinski definition) is 3. The number of rotatable bonds is 12. The quantitative estimate of drug-likeness (QED) is 0.197. The summed E-state index contributed by atoms with van der Waals surface area (Å²) < 4.78 is 5.95. The fraction of sp³-hybridized carbons (Fsp3) is 0.241. The Morgan fingerprint density at radius 1 is 0.824 bits per heavy atom. The maximum atomic E-state index is 13.0. The number of carbonyl (C=O) groups is 2. The summed E-state index contributed by atoms with van der Waals surface area (Å²) in [4.78, 5) is 26.9. The van der Waals surface area contributed by atoms with Gasteiger partial charge in [-0.2, -0.15) is 0 Å². The summed E-state index contributed by atoms with van der Waals surface area (Å²) in [6.07, 6.45) is 6.35. The Morgan fingerprint density at radius 3 is 2.44 bits per heavy atom. The van der Waals surface area contributed by atoms with Crippen LogP contribution in [0.3, 0.4) is 0 Å². The van der Waals surface area contributed by atoms with Gasteiger partial charge in [0.15, 0.2) is 5.78 Å². The lowest BCUT2D eigenvalue weighted by molar-refractivity contribution is -0.136. The Kier molecular flexibility index (Phi) is 7.76. The Labute approximate surface area is 199 Å². The van der Waals surface area contributed by atoms with Crippen LogP contribution in [0.15, 0.2) is 79.0 Å². The van der Waals surface area contributed by atoms with Gasteiger partial charge < -0.3 is 14.8 Å². The van der Waals surface area contributed by atoms with E-state index in [4.69, 9.17) is 9.84 Å². The van der Waals surface area contributed by atoms with Crippen LogP contribution < -0.4 is 4.74 Å². The molecule has 0 amide bonds. The zero-order chi connectivity index (χ0) is 23.8. The second-order valence-electron chi connectivity index (χ2n) is 8.46. The van der Waals surface area contributed by atoms with E-state index in [-0.39, 0.29) is 12.2 Å². The molecule has 174 valence electrons. The van der Waals surface area contributed by atoms with E-state index in [9.17, 15) is 9.59 Å². The summed E-state index contributed by atoms with van der Waals surface area (Å²) in [6.45, 7) is 0.684. The molecular formula is C29H29NO4. The fourth-order valence-electron chi connectivity index (χ4n) is 4.11. The number of carbonyl (C=O) groups excluding carboxylic acids is 1. The van der Waals surface area contributed by atoms with Gasteiger partial charge in [-0.15, -0.1) is 0 Å². The Bertz CT molecular complexity index is 1260. The normalized spacial score (nSPS) is 10.9. The third-order valence-electron chi connectivity index (χ3n) is 5.96. The van der Waals surface area contributed by atoms with Crippen LogP contribution in [0.1, 0.15) is 52.9 Å². The molecule has 0 saturated carbocycles. The first-order chi connectivity index (χ1) is 16.6. The molecule has 1 heterocycles. The lowest BCUT2D eigenvalue weighted by atomic mass is 9.99. The van der Waals surface area contributed by atoms with E-state index in [1.54, 1.807) is 12.3 Å². The van der Waals surface area contributed by atoms with E-state index in [1.807, 2.05) is 42.5 Å². The van der Waals surface area contributed by atoms with Gasteiger partial charge in [0.25, 0.3) is 0 Å². The predicted octanol–water partition coefficient (Wildman–Crippen LogP) is 6.21. The zero-order valence-corrected chi connectivity index (χ0v) is 19.1. The van der Waals surface area contributed by atoms with Gasteiger partial charge in [-0.05, 0) is 72.7 Å². The van der Waals surface area contributed by atoms with Crippen molar-refractivity contribution in [2.45, 2.75) is 38.5 Å². The maximum Gasteiger partial charge on any atom is 0.303 e. The molecule has 1 aromatic heterocycles. The number of benzene rings is 3. The van der Waals surface area contributed by atoms with Crippen molar-refractivity contribution < 1.29 is 19.4 Å². The minimum Gasteiger partial charge on any atom is -0.494 e. The van der Waals surface area contributed by atoms with Crippen molar-refractivity contribution in [3.63, 3.8) is 0 Å². The molecule has 0 radical (unpaired) electrons. The number of carboxylic acid groups (broad SMARTS) is 1. The average molecular weight is 456 g/mol. The van der Waals surface area contributed by atoms with Crippen molar-refractivity contribution in [2.75, 3.05) is 6.61 Å². The van der Waals surface area contributed by atoms with Crippen molar-refractivity contribution in [2.24, 2.45) is 0 Å². The highest BCUT2D eigenvalue weighted by Crippen LogP contribution is 2.24. The molecule has 0 saturated heterocycles. The number of unbranched alkanes of at least 4 members (excludes halogenated alkanes) is 2. The summed E-state index contributed by atoms with van der Waals surface area (Å²) in [6, 6.07) is 23.8. The molecule has 4 rings (SSSR count). The van der Waals surface area contributed by atoms with Crippen LogP contribution in [0.2, 0.25) is 0 Å². The molecule has 0 aliphatic rings. The van der Waals surface area contributed by atoms with Gasteiger partial charge in [0, 0.05) is 23.0 Å². The summed E-state index contributed by atoms with van der Waals surface area (Å²) >= 11 is 0. The number of ether oxygens (including phenoxy) is 1. The van der Waals surface area contributed by atoms with E-state index in [0.29, 0.717) is 29.8 Å². The number of carboxylic acids is 1. The largest absolute Gasteiger partial charge is 0.494 e. The van der Waals surface area contributed by atoms with Crippen molar-refractivity contribution in [3.8, 4) is 5.75 Å². The molecule has 0 unspecified atom stereocenters. The second-order valence-corrected chi connectivity index (χ2v) is 8.46. The van der Waals surface area contributed by atoms with Gasteiger partial charge in [-0.1, -0.05) is 48.5 Å². The molecule has 5 heteroatoms. The number of hydrogen-bond donors (Lipinski definition) is 2. The smallest absolute Gasteiger partial charge is 0.303 e. The van der Waals surface area contributed by atoms with Gasteiger partial charge in [-0.25, -0.2) is 0 Å². The number of aromatic amines is 1. The SMILES string of the molecule is O=C(O)CCc1[nH]ccc1C(=O)c1ccc2cc(OCCCCCc3ccccc3)ccc2c1. The molecule has 5 nitrogen and oxygen atoms in total. The lowest BCUT2D eigenvalue weighted by Gasteiger charge is -2.09. The number of aliphatic carboxylic acids is 1. The van der Waals surface area contributed by atoms with Crippen molar-refractivity contribution >= 4 is 22.5 Å². The van der Waals surface area contributed by atoms with E-state index >= 15 is 0 Å². The van der Waals surface area contributed by atoms with Crippen LogP contribution >= 0.6 is 0 Å². The lowest BCUT2D eigenvalue weighted by Crippen LogP contribution is -2.06. The average Bonchev–Trinajstić information content (AvgIpc) is 3.33. The highest BCUT2D eigenvalue weighted by atomic mass is 16.5. The molecule has 0 fully saturated rings. The molecule has 4 aromatic rings. The van der Waals surface area contributed by atoms with E-state index in [2.05, 4.69) is 29.2 Å². The number of nitrogens with one attached hydrogen (secondary N) is 1. The van der Waals surface area contributed by atoms with Gasteiger partial charge >= 0.3 is 5.97 Å². The summed E-state index contributed by atoms with van der Waals surface area (Å²) in [7, 11) is 0. The Hall–Kier alpha value is -3.86. The number of aryl methyl sites for hydroxylation is 2. The monoisotopic (exact) mass is 455 g/mol. The predicted molar refractivity (Wildman–Crippen MR) is 134 cm³/mol. The van der Waals surface area contributed by atoms with Crippen LogP contribution in [-0.4, -0.2) is 28.4 Å². The summed E-state index contributed by atoms with van der Waals surface area (Å²) in [5, 5.41) is 10.9. The molecule has 0 spiro atoms. The number of fused-ring (bicyclic) bond motifs is 1. The third-order valence-corrected chi connectivity index (χ3v) is 5.96. The Morgan fingerprint density at radius 2 is 1.62 bits per heavy atom. The minimum atomic E-state index is -0.885.